The Morgan fingerprint density at radius 1 is 1.38 bits per heavy atom. The van der Waals surface area contributed by atoms with Crippen LogP contribution < -0.4 is 0 Å². The number of nitrogens with zero attached hydrogens (tertiary/aromatic N) is 1. The Kier molecular flexibility index (Phi) is 4.70. The van der Waals surface area contributed by atoms with Gasteiger partial charge in [-0.05, 0) is 45.0 Å². The first-order valence-corrected chi connectivity index (χ1v) is 8.61. The Morgan fingerprint density at radius 3 is 2.52 bits per heavy atom. The minimum atomic E-state index is -3.10. The summed E-state index contributed by atoms with van der Waals surface area (Å²) < 4.78 is 21.2. The van der Waals surface area contributed by atoms with Gasteiger partial charge in [-0.15, -0.1) is 5.73 Å². The van der Waals surface area contributed by atoms with Gasteiger partial charge < -0.3 is 4.52 Å². The Balaban J connectivity index is 2.47. The SMILES string of the molecule is C=CC(=C=C(C)C)[P@]1(=O)O[C@@H](c2ccccc2)[C@H](C)N1C. The maximum Gasteiger partial charge on any atom is 0.310 e. The van der Waals surface area contributed by atoms with Crippen LogP contribution in [0.2, 0.25) is 0 Å². The van der Waals surface area contributed by atoms with Gasteiger partial charge in [0.05, 0.1) is 5.31 Å². The Hall–Kier alpha value is -1.37. The van der Waals surface area contributed by atoms with Gasteiger partial charge in [0, 0.05) is 6.04 Å². The van der Waals surface area contributed by atoms with Crippen LogP contribution in [0.1, 0.15) is 32.4 Å². The van der Waals surface area contributed by atoms with E-state index in [-0.39, 0.29) is 12.1 Å². The molecule has 1 fully saturated rings. The van der Waals surface area contributed by atoms with Crippen LogP contribution in [0.3, 0.4) is 0 Å². The monoisotopic (exact) mass is 303 g/mol. The highest BCUT2D eigenvalue weighted by atomic mass is 31.2. The fourth-order valence-corrected chi connectivity index (χ4v) is 4.86. The molecule has 0 aromatic heterocycles. The quantitative estimate of drug-likeness (QED) is 0.451. The summed E-state index contributed by atoms with van der Waals surface area (Å²) in [6.45, 7) is 9.64. The van der Waals surface area contributed by atoms with Gasteiger partial charge >= 0.3 is 7.52 Å². The second-order valence-electron chi connectivity index (χ2n) is 5.49. The normalized spacial score (nSPS) is 29.0. The second kappa shape index (κ2) is 6.17. The highest BCUT2D eigenvalue weighted by Gasteiger charge is 2.48. The Bertz CT molecular complexity index is 640. The van der Waals surface area contributed by atoms with Crippen molar-refractivity contribution >= 4 is 7.52 Å². The van der Waals surface area contributed by atoms with Crippen LogP contribution in [0.15, 0.2) is 59.6 Å². The molecule has 1 saturated heterocycles. The van der Waals surface area contributed by atoms with Crippen LogP contribution in [0.5, 0.6) is 0 Å². The number of benzene rings is 1. The van der Waals surface area contributed by atoms with E-state index in [4.69, 9.17) is 4.52 Å². The van der Waals surface area contributed by atoms with E-state index in [0.717, 1.165) is 11.1 Å². The second-order valence-corrected chi connectivity index (χ2v) is 7.85. The molecule has 1 aromatic rings. The largest absolute Gasteiger partial charge is 0.310 e. The maximum atomic E-state index is 13.3. The van der Waals surface area contributed by atoms with Crippen LogP contribution in [-0.2, 0) is 9.09 Å². The van der Waals surface area contributed by atoms with Gasteiger partial charge in [-0.2, -0.15) is 0 Å². The molecule has 0 radical (unpaired) electrons. The van der Waals surface area contributed by atoms with Crippen molar-refractivity contribution in [1.82, 2.24) is 4.67 Å². The Labute approximate surface area is 127 Å². The van der Waals surface area contributed by atoms with E-state index in [2.05, 4.69) is 12.3 Å². The van der Waals surface area contributed by atoms with Gasteiger partial charge in [0.25, 0.3) is 0 Å². The molecule has 0 saturated carbocycles. The molecule has 0 unspecified atom stereocenters. The fraction of sp³-hybridized carbons (Fsp3) is 0.353. The zero-order chi connectivity index (χ0) is 15.6. The third-order valence-corrected chi connectivity index (χ3v) is 6.31. The van der Waals surface area contributed by atoms with E-state index >= 15 is 0 Å². The van der Waals surface area contributed by atoms with Crippen molar-refractivity contribution < 1.29 is 9.09 Å². The van der Waals surface area contributed by atoms with E-state index < -0.39 is 7.52 Å². The fourth-order valence-electron chi connectivity index (χ4n) is 2.45. The summed E-state index contributed by atoms with van der Waals surface area (Å²) in [6.07, 6.45) is 1.38. The van der Waals surface area contributed by atoms with Gasteiger partial charge in [0.15, 0.2) is 0 Å². The van der Waals surface area contributed by atoms with Gasteiger partial charge in [0.1, 0.15) is 6.10 Å². The molecule has 112 valence electrons. The number of likely N-dealkylation sites (N-methyl/N-ethyl adjacent to an activating group) is 1. The van der Waals surface area contributed by atoms with Gasteiger partial charge in [-0.3, -0.25) is 4.57 Å². The molecule has 1 aromatic carbocycles. The van der Waals surface area contributed by atoms with Gasteiger partial charge in [-0.25, -0.2) is 4.67 Å². The lowest BCUT2D eigenvalue weighted by Gasteiger charge is -2.20. The van der Waals surface area contributed by atoms with Gasteiger partial charge in [0.2, 0.25) is 0 Å². The van der Waals surface area contributed by atoms with Crippen LogP contribution >= 0.6 is 7.52 Å². The molecule has 2 rings (SSSR count). The van der Waals surface area contributed by atoms with Crippen molar-refractivity contribution in [3.63, 3.8) is 0 Å². The number of hydrogen-bond donors (Lipinski definition) is 0. The standard InChI is InChI=1S/C17H22NO2P/c1-6-16(12-13(2)3)21(19)18(5)14(4)17(20-21)15-10-8-7-9-11-15/h6-11,14,17H,1H2,2-5H3/t14-,17+,21-/m0/s1. The molecule has 4 heteroatoms. The van der Waals surface area contributed by atoms with Crippen molar-refractivity contribution in [2.24, 2.45) is 0 Å². The highest BCUT2D eigenvalue weighted by Crippen LogP contribution is 2.67. The predicted octanol–water partition coefficient (Wildman–Crippen LogP) is 4.91. The van der Waals surface area contributed by atoms with Crippen molar-refractivity contribution in [2.45, 2.75) is 32.9 Å². The zero-order valence-corrected chi connectivity index (χ0v) is 13.9. The average Bonchev–Trinajstić information content (AvgIpc) is 2.71. The van der Waals surface area contributed by atoms with Gasteiger partial charge in [-0.1, -0.05) is 36.9 Å². The van der Waals surface area contributed by atoms with E-state index in [1.165, 1.54) is 0 Å². The third kappa shape index (κ3) is 2.97. The lowest BCUT2D eigenvalue weighted by atomic mass is 10.0. The van der Waals surface area contributed by atoms with Crippen LogP contribution in [0, 0.1) is 0 Å². The number of hydrogen-bond acceptors (Lipinski definition) is 2. The number of allylic oxidation sites excluding steroid dienone is 2. The molecular formula is C17H22NO2P. The Morgan fingerprint density at radius 2 is 2.00 bits per heavy atom. The predicted molar refractivity (Wildman–Crippen MR) is 87.2 cm³/mol. The molecule has 1 heterocycles. The smallest absolute Gasteiger partial charge is 0.304 e. The molecule has 0 spiro atoms. The molecule has 3 nitrogen and oxygen atoms in total. The third-order valence-electron chi connectivity index (χ3n) is 3.70. The summed E-state index contributed by atoms with van der Waals surface area (Å²) in [6, 6.07) is 9.92. The summed E-state index contributed by atoms with van der Waals surface area (Å²) in [5.74, 6) is 0. The lowest BCUT2D eigenvalue weighted by molar-refractivity contribution is 0.211. The maximum absolute atomic E-state index is 13.3. The molecule has 21 heavy (non-hydrogen) atoms. The highest BCUT2D eigenvalue weighted by molar-refractivity contribution is 7.61. The summed E-state index contributed by atoms with van der Waals surface area (Å²) in [7, 11) is -1.26. The first kappa shape index (κ1) is 16.0. The van der Waals surface area contributed by atoms with Crippen LogP contribution in [0.4, 0.5) is 0 Å². The number of rotatable bonds is 3. The van der Waals surface area contributed by atoms with E-state index in [1.54, 1.807) is 6.08 Å². The first-order chi connectivity index (χ1) is 9.90. The molecule has 0 amide bonds. The van der Waals surface area contributed by atoms with Crippen LogP contribution in [0.25, 0.3) is 0 Å². The zero-order valence-electron chi connectivity index (χ0n) is 13.0. The van der Waals surface area contributed by atoms with Crippen molar-refractivity contribution in [3.8, 4) is 0 Å². The lowest BCUT2D eigenvalue weighted by Crippen LogP contribution is -2.23. The van der Waals surface area contributed by atoms with E-state index in [1.807, 2.05) is 62.8 Å². The molecule has 1 aliphatic rings. The molecule has 3 atom stereocenters. The average molecular weight is 303 g/mol. The van der Waals surface area contributed by atoms with E-state index in [0.29, 0.717) is 5.31 Å². The van der Waals surface area contributed by atoms with Crippen molar-refractivity contribution in [3.05, 3.63) is 65.2 Å². The molecule has 0 aliphatic carbocycles. The molecular weight excluding hydrogens is 281 g/mol. The molecule has 0 bridgehead atoms. The minimum Gasteiger partial charge on any atom is -0.304 e. The van der Waals surface area contributed by atoms with E-state index in [9.17, 15) is 4.57 Å². The van der Waals surface area contributed by atoms with Crippen molar-refractivity contribution in [1.29, 1.82) is 0 Å². The van der Waals surface area contributed by atoms with Crippen LogP contribution in [-0.4, -0.2) is 17.8 Å². The summed E-state index contributed by atoms with van der Waals surface area (Å²) in [5.41, 5.74) is 5.11. The molecule has 1 aliphatic heterocycles. The summed E-state index contributed by atoms with van der Waals surface area (Å²) >= 11 is 0. The summed E-state index contributed by atoms with van der Waals surface area (Å²) in [5, 5.41) is 0.537. The summed E-state index contributed by atoms with van der Waals surface area (Å²) in [4.78, 5) is 0. The minimum absolute atomic E-state index is 0.0205. The van der Waals surface area contributed by atoms with Crippen molar-refractivity contribution in [2.75, 3.05) is 7.05 Å². The first-order valence-electron chi connectivity index (χ1n) is 7.04. The molecule has 0 N–H and O–H groups in total. The topological polar surface area (TPSA) is 29.5 Å².